The molecule has 1 aliphatic heterocycles. The van der Waals surface area contributed by atoms with Gasteiger partial charge in [0.05, 0.1) is 18.3 Å². The van der Waals surface area contributed by atoms with E-state index < -0.39 is 0 Å². The maximum Gasteiger partial charge on any atom is 0.254 e. The lowest BCUT2D eigenvalue weighted by molar-refractivity contribution is 0.0696. The molecule has 0 bridgehead atoms. The average molecular weight is 479 g/mol. The topological polar surface area (TPSA) is 104 Å². The molecule has 0 spiro atoms. The van der Waals surface area contributed by atoms with Crippen LogP contribution in [0.4, 0.5) is 0 Å². The molecule has 6 rings (SSSR count). The van der Waals surface area contributed by atoms with E-state index >= 15 is 0 Å². The van der Waals surface area contributed by atoms with Crippen LogP contribution in [0, 0.1) is 5.92 Å². The zero-order valence-electron chi connectivity index (χ0n) is 19.5. The van der Waals surface area contributed by atoms with Crippen molar-refractivity contribution in [2.24, 2.45) is 24.4 Å². The Morgan fingerprint density at radius 1 is 1.21 bits per heavy atom. The number of benzene rings is 1. The Hall–Kier alpha value is -2.88. The first kappa shape index (κ1) is 21.6. The summed E-state index contributed by atoms with van der Waals surface area (Å²) in [7, 11) is 3.65. The molecule has 1 aromatic carbocycles. The molecule has 0 radical (unpaired) electrons. The smallest absolute Gasteiger partial charge is 0.254 e. The minimum Gasteiger partial charge on any atom is -0.494 e. The number of methoxy groups -OCH3 is 1. The van der Waals surface area contributed by atoms with E-state index in [0.29, 0.717) is 30.8 Å². The SMILES string of the molecule is COc1cc(C(=O)N2CC[C@@H](N)[C@@H](N)C2)cc2nc(-c3cc4ccsc4n3CC3CC3)n(C)c12. The number of ether oxygens (including phenoxy) is 1. The third-order valence-electron chi connectivity index (χ3n) is 7.27. The summed E-state index contributed by atoms with van der Waals surface area (Å²) in [4.78, 5) is 21.4. The molecule has 0 unspecified atom stereocenters. The van der Waals surface area contributed by atoms with Gasteiger partial charge < -0.3 is 30.2 Å². The summed E-state index contributed by atoms with van der Waals surface area (Å²) in [6, 6.07) is 7.81. The summed E-state index contributed by atoms with van der Waals surface area (Å²) >= 11 is 1.77. The van der Waals surface area contributed by atoms with Crippen LogP contribution in [0.2, 0.25) is 0 Å². The molecule has 3 aromatic heterocycles. The quantitative estimate of drug-likeness (QED) is 0.458. The molecule has 4 aromatic rings. The zero-order chi connectivity index (χ0) is 23.6. The van der Waals surface area contributed by atoms with E-state index in [0.717, 1.165) is 35.0 Å². The van der Waals surface area contributed by atoms with Crippen LogP contribution in [0.15, 0.2) is 29.6 Å². The number of hydrogen-bond donors (Lipinski definition) is 2. The summed E-state index contributed by atoms with van der Waals surface area (Å²) in [6.07, 6.45) is 3.28. The second-order valence-electron chi connectivity index (χ2n) is 9.67. The van der Waals surface area contributed by atoms with Crippen molar-refractivity contribution >= 4 is 38.5 Å². The molecule has 2 fully saturated rings. The minimum atomic E-state index is -0.210. The first-order valence-electron chi connectivity index (χ1n) is 11.9. The van der Waals surface area contributed by atoms with Crippen LogP contribution < -0.4 is 16.2 Å². The third kappa shape index (κ3) is 3.50. The molecule has 4 N–H and O–H groups in total. The molecular weight excluding hydrogens is 448 g/mol. The molecule has 2 aliphatic rings. The molecular formula is C25H30N6O2S. The average Bonchev–Trinajstić information content (AvgIpc) is 3.28. The maximum atomic E-state index is 13.3. The van der Waals surface area contributed by atoms with E-state index in [1.807, 2.05) is 19.2 Å². The van der Waals surface area contributed by atoms with Gasteiger partial charge in [0.15, 0.2) is 5.82 Å². The van der Waals surface area contributed by atoms with E-state index in [2.05, 4.69) is 26.6 Å². The highest BCUT2D eigenvalue weighted by molar-refractivity contribution is 7.16. The number of aromatic nitrogens is 3. The fraction of sp³-hybridized carbons (Fsp3) is 0.440. The lowest BCUT2D eigenvalue weighted by Gasteiger charge is -2.34. The minimum absolute atomic E-state index is 0.0626. The van der Waals surface area contributed by atoms with E-state index in [9.17, 15) is 4.79 Å². The number of nitrogens with two attached hydrogens (primary N) is 2. The highest BCUT2D eigenvalue weighted by Gasteiger charge is 2.29. The Morgan fingerprint density at radius 2 is 2.03 bits per heavy atom. The van der Waals surface area contributed by atoms with E-state index in [-0.39, 0.29) is 18.0 Å². The van der Waals surface area contributed by atoms with Crippen molar-refractivity contribution in [2.75, 3.05) is 20.2 Å². The summed E-state index contributed by atoms with van der Waals surface area (Å²) in [5, 5.41) is 3.39. The van der Waals surface area contributed by atoms with Crippen molar-refractivity contribution in [3.63, 3.8) is 0 Å². The Morgan fingerprint density at radius 3 is 2.76 bits per heavy atom. The summed E-state index contributed by atoms with van der Waals surface area (Å²) in [5.74, 6) is 2.21. The highest BCUT2D eigenvalue weighted by Crippen LogP contribution is 2.39. The molecule has 9 heteroatoms. The van der Waals surface area contributed by atoms with Crippen LogP contribution in [0.5, 0.6) is 5.75 Å². The summed E-state index contributed by atoms with van der Waals surface area (Å²) < 4.78 is 10.2. The van der Waals surface area contributed by atoms with Crippen LogP contribution in [-0.4, -0.2) is 57.2 Å². The number of amides is 1. The van der Waals surface area contributed by atoms with Crippen LogP contribution >= 0.6 is 11.3 Å². The lowest BCUT2D eigenvalue weighted by atomic mass is 10.00. The highest BCUT2D eigenvalue weighted by atomic mass is 32.1. The van der Waals surface area contributed by atoms with Crippen LogP contribution in [-0.2, 0) is 13.6 Å². The molecule has 2 atom stereocenters. The molecule has 34 heavy (non-hydrogen) atoms. The Bertz CT molecular complexity index is 1400. The number of likely N-dealkylation sites (tertiary alicyclic amines) is 1. The number of aryl methyl sites for hydroxylation is 1. The van der Waals surface area contributed by atoms with Gasteiger partial charge in [-0.05, 0) is 54.8 Å². The van der Waals surface area contributed by atoms with Crippen molar-refractivity contribution in [3.8, 4) is 17.3 Å². The second-order valence-corrected chi connectivity index (χ2v) is 10.6. The number of hydrogen-bond acceptors (Lipinski definition) is 6. The second kappa shape index (κ2) is 8.11. The van der Waals surface area contributed by atoms with Gasteiger partial charge in [-0.25, -0.2) is 4.98 Å². The third-order valence-corrected chi connectivity index (χ3v) is 8.22. The molecule has 1 saturated carbocycles. The van der Waals surface area contributed by atoms with Crippen molar-refractivity contribution in [1.29, 1.82) is 0 Å². The predicted molar refractivity (Wildman–Crippen MR) is 135 cm³/mol. The van der Waals surface area contributed by atoms with Crippen LogP contribution in [0.25, 0.3) is 32.8 Å². The fourth-order valence-corrected chi connectivity index (χ4v) is 5.99. The van der Waals surface area contributed by atoms with Gasteiger partial charge in [-0.1, -0.05) is 0 Å². The lowest BCUT2D eigenvalue weighted by Crippen LogP contribution is -2.56. The predicted octanol–water partition coefficient (Wildman–Crippen LogP) is 3.18. The molecule has 4 heterocycles. The van der Waals surface area contributed by atoms with Crippen molar-refractivity contribution < 1.29 is 9.53 Å². The molecule has 1 saturated heterocycles. The monoisotopic (exact) mass is 478 g/mol. The number of carbonyl (C=O) groups excluding carboxylic acids is 1. The van der Waals surface area contributed by atoms with E-state index in [1.54, 1.807) is 23.3 Å². The zero-order valence-corrected chi connectivity index (χ0v) is 20.3. The summed E-state index contributed by atoms with van der Waals surface area (Å²) in [5.41, 5.74) is 15.5. The van der Waals surface area contributed by atoms with Crippen LogP contribution in [0.1, 0.15) is 29.6 Å². The number of carbonyl (C=O) groups is 1. The van der Waals surface area contributed by atoms with Crippen molar-refractivity contribution in [1.82, 2.24) is 19.0 Å². The Labute approximate surface area is 202 Å². The Balaban J connectivity index is 1.44. The number of nitrogens with zero attached hydrogens (tertiary/aromatic N) is 4. The molecule has 8 nitrogen and oxygen atoms in total. The largest absolute Gasteiger partial charge is 0.494 e. The van der Waals surface area contributed by atoms with Gasteiger partial charge in [0.1, 0.15) is 16.1 Å². The number of fused-ring (bicyclic) bond motifs is 2. The van der Waals surface area contributed by atoms with Crippen molar-refractivity contribution in [3.05, 3.63) is 35.2 Å². The van der Waals surface area contributed by atoms with E-state index in [4.69, 9.17) is 21.2 Å². The summed E-state index contributed by atoms with van der Waals surface area (Å²) in [6.45, 7) is 2.08. The van der Waals surface area contributed by atoms with E-state index in [1.165, 1.54) is 23.1 Å². The number of thiophene rings is 1. The van der Waals surface area contributed by atoms with Gasteiger partial charge in [0, 0.05) is 49.7 Å². The van der Waals surface area contributed by atoms with Gasteiger partial charge in [-0.3, -0.25) is 4.79 Å². The van der Waals surface area contributed by atoms with Gasteiger partial charge in [0.2, 0.25) is 0 Å². The Kier molecular flexibility index (Phi) is 5.16. The molecule has 1 aliphatic carbocycles. The maximum absolute atomic E-state index is 13.3. The van der Waals surface area contributed by atoms with Gasteiger partial charge in [-0.15, -0.1) is 11.3 Å². The van der Waals surface area contributed by atoms with Gasteiger partial charge >= 0.3 is 0 Å². The standard InChI is InChI=1S/C25H30N6O2S/c1-29-22-19(9-16(11-21(22)33-2)24(32)30-7-5-17(26)18(27)13-30)28-23(29)20-10-15-6-8-34-25(15)31(20)12-14-3-4-14/h6,8-11,14,17-18H,3-5,7,12-13,26-27H2,1-2H3/t17-,18+/m1/s1. The number of imidazole rings is 1. The fourth-order valence-electron chi connectivity index (χ4n) is 5.09. The van der Waals surface area contributed by atoms with Crippen LogP contribution in [0.3, 0.4) is 0 Å². The number of rotatable bonds is 5. The van der Waals surface area contributed by atoms with Gasteiger partial charge in [-0.2, -0.15) is 0 Å². The first-order chi connectivity index (χ1) is 16.4. The molecule has 178 valence electrons. The van der Waals surface area contributed by atoms with Crippen molar-refractivity contribution in [2.45, 2.75) is 37.9 Å². The molecule has 1 amide bonds. The number of piperidine rings is 1. The van der Waals surface area contributed by atoms with Gasteiger partial charge in [0.25, 0.3) is 5.91 Å². The first-order valence-corrected chi connectivity index (χ1v) is 12.7. The normalized spacial score (nSPS) is 21.0.